The predicted octanol–water partition coefficient (Wildman–Crippen LogP) is -2.85. The van der Waals surface area contributed by atoms with Gasteiger partial charge in [-0.15, -0.1) is 6.42 Å². The fourth-order valence-electron chi connectivity index (χ4n) is 8.99. The molecule has 0 N–H and O–H groups in total. The molecule has 0 saturated carbocycles. The maximum absolute atomic E-state index is 6.22. The van der Waals surface area contributed by atoms with Gasteiger partial charge in [0.15, 0.2) is 7.85 Å². The van der Waals surface area contributed by atoms with E-state index in [-0.39, 0.29) is 6.04 Å². The van der Waals surface area contributed by atoms with Crippen molar-refractivity contribution in [2.75, 3.05) is 11.4 Å². The zero-order valence-corrected chi connectivity index (χ0v) is 33.5. The Hall–Kier alpha value is -5.13. The molecule has 1 unspecified atom stereocenters. The van der Waals surface area contributed by atoms with Crippen molar-refractivity contribution in [3.8, 4) is 23.5 Å². The molecule has 1 heterocycles. The summed E-state index contributed by atoms with van der Waals surface area (Å²) in [7, 11) is 22.8. The molecule has 54 heavy (non-hydrogen) atoms. The lowest BCUT2D eigenvalue weighted by atomic mass is 9.63. The molecule has 6 aromatic rings. The van der Waals surface area contributed by atoms with Gasteiger partial charge in [0.25, 0.3) is 0 Å². The third-order valence-electron chi connectivity index (χ3n) is 12.2. The molecule has 0 bridgehead atoms. The summed E-state index contributed by atoms with van der Waals surface area (Å²) in [6, 6.07) is 36.6. The van der Waals surface area contributed by atoms with Gasteiger partial charge in [-0.3, -0.25) is 0 Å². The van der Waals surface area contributed by atoms with Crippen LogP contribution in [-0.4, -0.2) is 91.0 Å². The van der Waals surface area contributed by atoms with Gasteiger partial charge in [0, 0.05) is 23.0 Å². The van der Waals surface area contributed by atoms with Crippen LogP contribution in [0.25, 0.3) is 44.2 Å². The minimum absolute atomic E-state index is 0.0940. The van der Waals surface area contributed by atoms with Crippen LogP contribution in [0, 0.1) is 12.3 Å². The summed E-state index contributed by atoms with van der Waals surface area (Å²) in [4.78, 5) is 2.69. The van der Waals surface area contributed by atoms with Crippen molar-refractivity contribution < 1.29 is 4.42 Å². The number of fused-ring (bicyclic) bond motifs is 3. The smallest absolute Gasteiger partial charge is 0.151 e. The number of terminal acetylenes is 1. The highest BCUT2D eigenvalue weighted by atomic mass is 16.3. The second kappa shape index (κ2) is 14.9. The van der Waals surface area contributed by atoms with Crippen LogP contribution in [-0.2, 0) is 0 Å². The molecule has 250 valence electrons. The summed E-state index contributed by atoms with van der Waals surface area (Å²) in [5.41, 5.74) is 23.4. The largest absolute Gasteiger partial charge is 0.456 e. The zero-order valence-electron chi connectivity index (χ0n) is 33.5. The first-order valence-electron chi connectivity index (χ1n) is 19.1. The van der Waals surface area contributed by atoms with Crippen LogP contribution in [0.1, 0.15) is 11.1 Å². The van der Waals surface area contributed by atoms with Gasteiger partial charge in [-0.2, -0.15) is 0 Å². The molecule has 0 radical (unpaired) electrons. The molecular formula is C42H41B10NO. The third kappa shape index (κ3) is 6.32. The van der Waals surface area contributed by atoms with E-state index in [1.165, 1.54) is 77.2 Å². The molecule has 1 atom stereocenters. The first kappa shape index (κ1) is 37.2. The quantitative estimate of drug-likeness (QED) is 0.0978. The Morgan fingerprint density at radius 1 is 0.648 bits per heavy atom. The molecule has 0 fully saturated rings. The SMILES string of the molecule is BC1=C(B)C(N(C/C(B)=C(B)\C(=C(\B)C#C)c2ccccc2)c2c(B)c(B)c(-c3ccc4oc5ccccc5c4c3)c(B)c2B)C(B)=C1c1ccccc1. The van der Waals surface area contributed by atoms with E-state index in [2.05, 4.69) is 186 Å². The number of rotatable bonds is 8. The number of benzene rings is 5. The average molecular weight is 684 g/mol. The first-order valence-corrected chi connectivity index (χ1v) is 19.1. The summed E-state index contributed by atoms with van der Waals surface area (Å²) >= 11 is 0. The number of para-hydroxylation sites is 1. The van der Waals surface area contributed by atoms with Crippen LogP contribution in [0.5, 0.6) is 0 Å². The third-order valence-corrected chi connectivity index (χ3v) is 12.2. The van der Waals surface area contributed by atoms with E-state index in [0.29, 0.717) is 0 Å². The van der Waals surface area contributed by atoms with Crippen molar-refractivity contribution in [2.45, 2.75) is 6.04 Å². The number of nitrogens with zero attached hydrogens (tertiary/aromatic N) is 1. The molecule has 1 aliphatic carbocycles. The molecule has 0 saturated heterocycles. The van der Waals surface area contributed by atoms with Gasteiger partial charge < -0.3 is 9.32 Å². The fraction of sp³-hybridized carbons (Fsp3) is 0.0476. The lowest BCUT2D eigenvalue weighted by Crippen LogP contribution is -2.52. The van der Waals surface area contributed by atoms with Gasteiger partial charge in [0.1, 0.15) is 81.8 Å². The van der Waals surface area contributed by atoms with Crippen LogP contribution in [0.4, 0.5) is 5.69 Å². The van der Waals surface area contributed by atoms with E-state index < -0.39 is 0 Å². The Balaban J connectivity index is 1.44. The molecule has 0 spiro atoms. The second-order valence-electron chi connectivity index (χ2n) is 15.2. The Morgan fingerprint density at radius 3 is 1.89 bits per heavy atom. The van der Waals surface area contributed by atoms with Crippen molar-refractivity contribution in [3.05, 3.63) is 147 Å². The van der Waals surface area contributed by atoms with Gasteiger partial charge in [-0.25, -0.2) is 0 Å². The van der Waals surface area contributed by atoms with Gasteiger partial charge >= 0.3 is 0 Å². The van der Waals surface area contributed by atoms with Crippen LogP contribution in [0.2, 0.25) is 0 Å². The first-order chi connectivity index (χ1) is 25.9. The minimum atomic E-state index is 0.0940. The highest BCUT2D eigenvalue weighted by Gasteiger charge is 2.34. The molecule has 5 aromatic carbocycles. The summed E-state index contributed by atoms with van der Waals surface area (Å²) in [5.74, 6) is 2.97. The molecule has 12 heteroatoms. The molecule has 1 aromatic heterocycles. The van der Waals surface area contributed by atoms with Crippen LogP contribution < -0.4 is 26.8 Å². The second-order valence-corrected chi connectivity index (χ2v) is 15.2. The van der Waals surface area contributed by atoms with Crippen molar-refractivity contribution >= 4 is 139 Å². The molecule has 7 rings (SSSR count). The fourth-order valence-corrected chi connectivity index (χ4v) is 8.99. The monoisotopic (exact) mass is 685 g/mol. The maximum atomic E-state index is 6.22. The zero-order chi connectivity index (χ0) is 38.4. The molecule has 0 amide bonds. The normalized spacial score (nSPS) is 15.4. The van der Waals surface area contributed by atoms with E-state index >= 15 is 0 Å². The Morgan fingerprint density at radius 2 is 1.24 bits per heavy atom. The Bertz CT molecular complexity index is 2620. The van der Waals surface area contributed by atoms with E-state index in [9.17, 15) is 0 Å². The average Bonchev–Trinajstić information content (AvgIpc) is 3.66. The standard InChI is InChI=1S/C42H41B10NO/c1-2-26(43)30(21-11-5-3-6-12-21)33(45)27(44)20-53(41-37(49)31(34(46)38(41)50)22-13-7-4-8-14-22)42-39(51)35(47)32(36(48)40(42)52)23-17-18-29-25(19-23)24-15-9-10-16-28(24)54-29/h1,3-19,41H,20,43-52H2/b30-26+,33-27-. The molecule has 1 aliphatic rings. The minimum Gasteiger partial charge on any atom is -0.456 e. The number of hydrogen-bond donors (Lipinski definition) is 0. The van der Waals surface area contributed by atoms with E-state index in [1.54, 1.807) is 0 Å². The van der Waals surface area contributed by atoms with Crippen molar-refractivity contribution in [1.29, 1.82) is 0 Å². The van der Waals surface area contributed by atoms with Gasteiger partial charge in [0.05, 0.1) is 6.04 Å². The number of hydrogen-bond acceptors (Lipinski definition) is 2. The lowest BCUT2D eigenvalue weighted by molar-refractivity contribution is 0.669. The van der Waals surface area contributed by atoms with Gasteiger partial charge in [-0.05, 0) is 57.1 Å². The van der Waals surface area contributed by atoms with Crippen LogP contribution in [0.3, 0.4) is 0 Å². The molecular weight excluding hydrogens is 643 g/mol. The molecule has 2 nitrogen and oxygen atoms in total. The van der Waals surface area contributed by atoms with Gasteiger partial charge in [0.2, 0.25) is 0 Å². The van der Waals surface area contributed by atoms with Crippen LogP contribution >= 0.6 is 0 Å². The Labute approximate surface area is 330 Å². The number of anilines is 1. The lowest BCUT2D eigenvalue weighted by Gasteiger charge is -2.39. The van der Waals surface area contributed by atoms with Crippen LogP contribution in [0.15, 0.2) is 140 Å². The topological polar surface area (TPSA) is 16.4 Å². The van der Waals surface area contributed by atoms with Crippen molar-refractivity contribution in [1.82, 2.24) is 0 Å². The summed E-state index contributed by atoms with van der Waals surface area (Å²) < 4.78 is 6.22. The van der Waals surface area contributed by atoms with Crippen molar-refractivity contribution in [2.24, 2.45) is 0 Å². The predicted molar refractivity (Wildman–Crippen MR) is 264 cm³/mol. The number of allylic oxidation sites excluding steroid dienone is 5. The molecule has 0 aliphatic heterocycles. The van der Waals surface area contributed by atoms with Gasteiger partial charge in [-0.1, -0.05) is 140 Å². The maximum Gasteiger partial charge on any atom is 0.151 e. The summed E-state index contributed by atoms with van der Waals surface area (Å²) in [6.45, 7) is 0.752. The summed E-state index contributed by atoms with van der Waals surface area (Å²) in [6.07, 6.45) is 6.09. The highest BCUT2D eigenvalue weighted by Crippen LogP contribution is 2.39. The Kier molecular flexibility index (Phi) is 10.3. The number of furan rings is 1. The summed E-state index contributed by atoms with van der Waals surface area (Å²) in [5, 5.41) is 2.30. The van der Waals surface area contributed by atoms with E-state index in [4.69, 9.17) is 10.8 Å². The highest BCUT2D eigenvalue weighted by molar-refractivity contribution is 6.63. The van der Waals surface area contributed by atoms with E-state index in [0.717, 1.165) is 45.1 Å². The van der Waals surface area contributed by atoms with E-state index in [1.807, 2.05) is 6.07 Å². The van der Waals surface area contributed by atoms with Crippen molar-refractivity contribution in [3.63, 3.8) is 0 Å².